The van der Waals surface area contributed by atoms with Gasteiger partial charge in [-0.05, 0) is 19.4 Å². The van der Waals surface area contributed by atoms with E-state index in [-0.39, 0.29) is 25.9 Å². The van der Waals surface area contributed by atoms with E-state index in [1.54, 1.807) is 0 Å². The molecule has 15 atom stereocenters. The molecular formula is C21H45N5O20S2. The maximum atomic E-state index is 12.4. The standard InChI is InChI=1S/C21H41N5O12.2H2O4S/c22-2-1-8(28)19(34)26-7-3-6(24)17(37-20-11(25)15(32)13(30)9(4-23)35-20)18(12(7)29)38-21-16(33)14(31)10(5-27)36-21;2*1-5(2,3)4/h6-18,20-21,27-33H,1-5,22-25H2,(H,26,34);2*(H2,1,2,3,4)/t6-,7+,8?,9-,10-,11-,12-,13-,14+,15-,16-,17+,18+,20-,21+;;/m1../s1. The molecule has 0 aromatic rings. The van der Waals surface area contributed by atoms with Crippen LogP contribution in [0.15, 0.2) is 0 Å². The van der Waals surface area contributed by atoms with Crippen LogP contribution >= 0.6 is 0 Å². The minimum Gasteiger partial charge on any atom is -0.394 e. The smallest absolute Gasteiger partial charge is 0.394 e. The van der Waals surface area contributed by atoms with Crippen molar-refractivity contribution in [2.24, 2.45) is 22.9 Å². The van der Waals surface area contributed by atoms with Gasteiger partial charge in [0.25, 0.3) is 0 Å². The maximum absolute atomic E-state index is 12.4. The number of hydrogen-bond donors (Lipinski definition) is 16. The zero-order valence-corrected chi connectivity index (χ0v) is 26.5. The normalized spacial score (nSPS) is 39.3. The van der Waals surface area contributed by atoms with Gasteiger partial charge in [-0.25, -0.2) is 0 Å². The molecule has 286 valence electrons. The molecule has 3 rings (SSSR count). The lowest BCUT2D eigenvalue weighted by Crippen LogP contribution is -2.69. The van der Waals surface area contributed by atoms with Crippen LogP contribution in [0.2, 0.25) is 0 Å². The Balaban J connectivity index is 0.00000100. The molecule has 25 nitrogen and oxygen atoms in total. The third kappa shape index (κ3) is 14.1. The molecule has 2 aliphatic heterocycles. The summed E-state index contributed by atoms with van der Waals surface area (Å²) in [5.74, 6) is -0.807. The van der Waals surface area contributed by atoms with E-state index < -0.39 is 125 Å². The van der Waals surface area contributed by atoms with E-state index in [4.69, 9.17) is 76.9 Å². The minimum absolute atomic E-state index is 0.0255. The molecule has 3 aliphatic rings. The Kier molecular flexibility index (Phi) is 17.9. The molecular weight excluding hydrogens is 706 g/mol. The lowest BCUT2D eigenvalue weighted by Gasteiger charge is -2.48. The van der Waals surface area contributed by atoms with Crippen LogP contribution in [-0.2, 0) is 44.5 Å². The lowest BCUT2D eigenvalue weighted by atomic mass is 9.83. The topological polar surface area (TPSA) is 461 Å². The van der Waals surface area contributed by atoms with Gasteiger partial charge in [-0.3, -0.25) is 23.0 Å². The van der Waals surface area contributed by atoms with Crippen molar-refractivity contribution in [2.45, 2.75) is 105 Å². The van der Waals surface area contributed by atoms with E-state index in [2.05, 4.69) is 5.32 Å². The number of rotatable bonds is 10. The summed E-state index contributed by atoms with van der Waals surface area (Å²) in [6.45, 7) is -0.764. The predicted octanol–water partition coefficient (Wildman–Crippen LogP) is -9.09. The van der Waals surface area contributed by atoms with Crippen LogP contribution in [0.25, 0.3) is 0 Å². The fourth-order valence-electron chi connectivity index (χ4n) is 4.84. The molecule has 2 heterocycles. The number of carbonyl (C=O) groups excluding carboxylic acids is 1. The Morgan fingerprint density at radius 3 is 1.73 bits per heavy atom. The number of ether oxygens (including phenoxy) is 4. The van der Waals surface area contributed by atoms with Crippen molar-refractivity contribution < 1.29 is 94.5 Å². The van der Waals surface area contributed by atoms with E-state index >= 15 is 0 Å². The van der Waals surface area contributed by atoms with Crippen molar-refractivity contribution in [1.29, 1.82) is 0 Å². The van der Waals surface area contributed by atoms with Gasteiger partial charge in [0.2, 0.25) is 5.91 Å². The third-order valence-electron chi connectivity index (χ3n) is 7.15. The largest absolute Gasteiger partial charge is 0.394 e. The van der Waals surface area contributed by atoms with E-state index in [0.717, 1.165) is 0 Å². The number of carbonyl (C=O) groups is 1. The summed E-state index contributed by atoms with van der Waals surface area (Å²) < 4.78 is 85.9. The van der Waals surface area contributed by atoms with Crippen LogP contribution in [0.5, 0.6) is 0 Å². The Morgan fingerprint density at radius 2 is 1.27 bits per heavy atom. The molecule has 0 radical (unpaired) electrons. The number of nitrogens with one attached hydrogen (secondary N) is 1. The Morgan fingerprint density at radius 1 is 0.792 bits per heavy atom. The first kappa shape index (κ1) is 44.6. The molecule has 27 heteroatoms. The average molecular weight is 752 g/mol. The first-order valence-corrected chi connectivity index (χ1v) is 16.7. The molecule has 1 aliphatic carbocycles. The van der Waals surface area contributed by atoms with Crippen molar-refractivity contribution in [2.75, 3.05) is 19.7 Å². The van der Waals surface area contributed by atoms with Crippen molar-refractivity contribution >= 4 is 26.7 Å². The molecule has 20 N–H and O–H groups in total. The SMILES string of the molecule is NCCC(O)C(=O)N[C@H]1C[C@@H](N)[C@H](O[C@H]2O[C@H](CN)[C@@H](O)[C@H](O)[C@H]2N)[C@@H](O[C@@H]2O[C@H](CO)[C@H](O)[C@H]2O)[C@@H]1O.O=S(=O)(O)O.O=S(=O)(O)O. The highest BCUT2D eigenvalue weighted by molar-refractivity contribution is 7.80. The monoisotopic (exact) mass is 751 g/mol. The van der Waals surface area contributed by atoms with Gasteiger partial charge in [0.15, 0.2) is 12.6 Å². The van der Waals surface area contributed by atoms with Gasteiger partial charge in [0, 0.05) is 12.6 Å². The van der Waals surface area contributed by atoms with Crippen LogP contribution < -0.4 is 28.3 Å². The summed E-state index contributed by atoms with van der Waals surface area (Å²) in [6.07, 6.45) is -16.9. The highest BCUT2D eigenvalue weighted by Gasteiger charge is 2.53. The fraction of sp³-hybridized carbons (Fsp3) is 0.952. The Bertz CT molecular complexity index is 1160. The summed E-state index contributed by atoms with van der Waals surface area (Å²) in [4.78, 5) is 12.4. The molecule has 1 amide bonds. The predicted molar refractivity (Wildman–Crippen MR) is 154 cm³/mol. The molecule has 0 aromatic carbocycles. The second-order valence-electron chi connectivity index (χ2n) is 10.7. The van der Waals surface area contributed by atoms with Crippen LogP contribution in [-0.4, -0.2) is 188 Å². The average Bonchev–Trinajstić information content (AvgIpc) is 3.23. The van der Waals surface area contributed by atoms with Gasteiger partial charge in [-0.15, -0.1) is 0 Å². The highest BCUT2D eigenvalue weighted by Crippen LogP contribution is 2.32. The van der Waals surface area contributed by atoms with Gasteiger partial charge >= 0.3 is 20.8 Å². The molecule has 1 unspecified atom stereocenters. The van der Waals surface area contributed by atoms with Crippen LogP contribution in [0.3, 0.4) is 0 Å². The second-order valence-corrected chi connectivity index (χ2v) is 12.5. The molecule has 0 bridgehead atoms. The number of aliphatic hydroxyl groups is 7. The van der Waals surface area contributed by atoms with E-state index in [1.165, 1.54) is 0 Å². The summed E-state index contributed by atoms with van der Waals surface area (Å²) in [7, 11) is -9.33. The quantitative estimate of drug-likeness (QED) is 0.0921. The first-order valence-electron chi connectivity index (χ1n) is 13.9. The summed E-state index contributed by atoms with van der Waals surface area (Å²) in [5, 5.41) is 74.0. The third-order valence-corrected chi connectivity index (χ3v) is 7.15. The van der Waals surface area contributed by atoms with Gasteiger partial charge < -0.3 is 82.9 Å². The van der Waals surface area contributed by atoms with Crippen molar-refractivity contribution in [3.63, 3.8) is 0 Å². The molecule has 2 saturated heterocycles. The number of amides is 1. The fourth-order valence-corrected chi connectivity index (χ4v) is 4.84. The summed E-state index contributed by atoms with van der Waals surface area (Å²) in [5.41, 5.74) is 23.3. The molecule has 0 spiro atoms. The number of nitrogens with two attached hydrogens (primary N) is 4. The van der Waals surface area contributed by atoms with E-state index in [1.807, 2.05) is 0 Å². The molecule has 0 aromatic heterocycles. The van der Waals surface area contributed by atoms with Crippen LogP contribution in [0.1, 0.15) is 12.8 Å². The van der Waals surface area contributed by atoms with Crippen LogP contribution in [0.4, 0.5) is 0 Å². The first-order chi connectivity index (χ1) is 21.9. The summed E-state index contributed by atoms with van der Waals surface area (Å²) >= 11 is 0. The van der Waals surface area contributed by atoms with Crippen molar-refractivity contribution in [3.05, 3.63) is 0 Å². The minimum atomic E-state index is -4.67. The number of aliphatic hydroxyl groups excluding tert-OH is 7. The van der Waals surface area contributed by atoms with Crippen molar-refractivity contribution in [3.8, 4) is 0 Å². The maximum Gasteiger partial charge on any atom is 0.394 e. The van der Waals surface area contributed by atoms with Gasteiger partial charge in [0.1, 0.15) is 61.0 Å². The van der Waals surface area contributed by atoms with Crippen LogP contribution in [0, 0.1) is 0 Å². The zero-order chi connectivity index (χ0) is 37.3. The van der Waals surface area contributed by atoms with E-state index in [9.17, 15) is 40.5 Å². The Hall–Kier alpha value is -1.39. The molecule has 3 fully saturated rings. The number of hydrogen-bond acceptors (Lipinski definition) is 20. The summed E-state index contributed by atoms with van der Waals surface area (Å²) in [6, 6.07) is -3.29. The highest BCUT2D eigenvalue weighted by atomic mass is 32.3. The second kappa shape index (κ2) is 19.3. The van der Waals surface area contributed by atoms with E-state index in [0.29, 0.717) is 0 Å². The molecule has 1 saturated carbocycles. The lowest BCUT2D eigenvalue weighted by molar-refractivity contribution is -0.307. The zero-order valence-electron chi connectivity index (χ0n) is 24.9. The van der Waals surface area contributed by atoms with Gasteiger partial charge in [-0.1, -0.05) is 0 Å². The molecule has 48 heavy (non-hydrogen) atoms. The van der Waals surface area contributed by atoms with Crippen molar-refractivity contribution in [1.82, 2.24) is 5.32 Å². The Labute approximate surface area is 273 Å². The van der Waals surface area contributed by atoms with Gasteiger partial charge in [0.05, 0.1) is 18.7 Å². The van der Waals surface area contributed by atoms with Gasteiger partial charge in [-0.2, -0.15) is 16.8 Å².